The molecule has 1 heterocycles. The molecule has 0 bridgehead atoms. The second kappa shape index (κ2) is 9.30. The van der Waals surface area contributed by atoms with Crippen LogP contribution in [0.15, 0.2) is 41.6 Å². The van der Waals surface area contributed by atoms with E-state index in [4.69, 9.17) is 4.74 Å². The first-order valence-electron chi connectivity index (χ1n) is 9.37. The first kappa shape index (κ1) is 21.3. The molecule has 0 aliphatic heterocycles. The number of aromatic nitrogens is 1. The van der Waals surface area contributed by atoms with Gasteiger partial charge in [0.05, 0.1) is 11.7 Å². The number of ether oxygens (including phenoxy) is 1. The standard InChI is InChI=1S/C21H28N4O3/c1-6-14(2)17(24-20(27)28-21(3,4)5)19(26)25-23-13-16-10-7-9-15-11-8-12-22-18(15)16/h7-14,17H,6H2,1-5H3,(H,24,27)(H,25,26). The number of nitrogens with one attached hydrogen (secondary N) is 2. The van der Waals surface area contributed by atoms with Crippen LogP contribution in [0.25, 0.3) is 10.9 Å². The highest BCUT2D eigenvalue weighted by atomic mass is 16.6. The van der Waals surface area contributed by atoms with Gasteiger partial charge in [-0.1, -0.05) is 44.5 Å². The summed E-state index contributed by atoms with van der Waals surface area (Å²) in [5.41, 5.74) is 3.46. The van der Waals surface area contributed by atoms with Gasteiger partial charge in [0, 0.05) is 17.1 Å². The molecule has 2 N–H and O–H groups in total. The van der Waals surface area contributed by atoms with E-state index in [1.165, 1.54) is 0 Å². The van der Waals surface area contributed by atoms with E-state index in [1.54, 1.807) is 33.2 Å². The van der Waals surface area contributed by atoms with E-state index in [0.29, 0.717) is 6.42 Å². The summed E-state index contributed by atoms with van der Waals surface area (Å²) in [6.07, 6.45) is 3.34. The van der Waals surface area contributed by atoms with Gasteiger partial charge in [0.15, 0.2) is 0 Å². The van der Waals surface area contributed by atoms with Crippen molar-refractivity contribution in [3.8, 4) is 0 Å². The summed E-state index contributed by atoms with van der Waals surface area (Å²) in [6, 6.07) is 8.81. The fourth-order valence-electron chi connectivity index (χ4n) is 2.60. The lowest BCUT2D eigenvalue weighted by atomic mass is 9.99. The number of carbonyl (C=O) groups excluding carboxylic acids is 2. The molecule has 2 amide bonds. The van der Waals surface area contributed by atoms with Crippen LogP contribution in [0.1, 0.15) is 46.6 Å². The van der Waals surface area contributed by atoms with Crippen LogP contribution in [0.4, 0.5) is 4.79 Å². The van der Waals surface area contributed by atoms with Gasteiger partial charge < -0.3 is 10.1 Å². The molecular weight excluding hydrogens is 356 g/mol. The third-order valence-corrected chi connectivity index (χ3v) is 4.21. The Balaban J connectivity index is 2.08. The summed E-state index contributed by atoms with van der Waals surface area (Å²) in [7, 11) is 0. The van der Waals surface area contributed by atoms with Crippen LogP contribution in [0.2, 0.25) is 0 Å². The Kier molecular flexibility index (Phi) is 7.09. The Hall–Kier alpha value is -2.96. The smallest absolute Gasteiger partial charge is 0.408 e. The highest BCUT2D eigenvalue weighted by Crippen LogP contribution is 2.14. The quantitative estimate of drug-likeness (QED) is 0.588. The molecule has 1 aromatic heterocycles. The molecule has 28 heavy (non-hydrogen) atoms. The highest BCUT2D eigenvalue weighted by Gasteiger charge is 2.28. The normalized spacial score (nSPS) is 13.9. The van der Waals surface area contributed by atoms with Crippen LogP contribution in [0.5, 0.6) is 0 Å². The number of hydrogen-bond donors (Lipinski definition) is 2. The molecule has 1 aromatic carbocycles. The number of amides is 2. The molecule has 2 unspecified atom stereocenters. The number of hydrogen-bond acceptors (Lipinski definition) is 5. The van der Waals surface area contributed by atoms with E-state index in [-0.39, 0.29) is 5.92 Å². The lowest BCUT2D eigenvalue weighted by Crippen LogP contribution is -2.50. The van der Waals surface area contributed by atoms with Crippen molar-refractivity contribution < 1.29 is 14.3 Å². The predicted octanol–water partition coefficient (Wildman–Crippen LogP) is 3.62. The number of pyridine rings is 1. The molecule has 0 radical (unpaired) electrons. The number of para-hydroxylation sites is 1. The number of nitrogens with zero attached hydrogens (tertiary/aromatic N) is 2. The van der Waals surface area contributed by atoms with Crippen LogP contribution in [0.3, 0.4) is 0 Å². The Labute approximate surface area is 165 Å². The lowest BCUT2D eigenvalue weighted by Gasteiger charge is -2.25. The minimum atomic E-state index is -0.748. The number of benzene rings is 1. The van der Waals surface area contributed by atoms with Gasteiger partial charge in [0.2, 0.25) is 0 Å². The Morgan fingerprint density at radius 1 is 1.25 bits per heavy atom. The van der Waals surface area contributed by atoms with Crippen molar-refractivity contribution in [3.05, 3.63) is 42.1 Å². The molecule has 0 saturated carbocycles. The van der Waals surface area contributed by atoms with Gasteiger partial charge in [-0.3, -0.25) is 9.78 Å². The molecule has 2 atom stereocenters. The number of carbonyl (C=O) groups is 2. The largest absolute Gasteiger partial charge is 0.444 e. The molecular formula is C21H28N4O3. The van der Waals surface area contributed by atoms with Gasteiger partial charge in [0.1, 0.15) is 11.6 Å². The number of hydrazone groups is 1. The molecule has 2 rings (SSSR count). The van der Waals surface area contributed by atoms with Crippen LogP contribution < -0.4 is 10.7 Å². The summed E-state index contributed by atoms with van der Waals surface area (Å²) in [5.74, 6) is -0.480. The summed E-state index contributed by atoms with van der Waals surface area (Å²) in [4.78, 5) is 29.0. The zero-order valence-corrected chi connectivity index (χ0v) is 17.0. The van der Waals surface area contributed by atoms with Gasteiger partial charge in [-0.15, -0.1) is 0 Å². The second-order valence-corrected chi connectivity index (χ2v) is 7.67. The third kappa shape index (κ3) is 6.04. The monoisotopic (exact) mass is 384 g/mol. The predicted molar refractivity (Wildman–Crippen MR) is 110 cm³/mol. The van der Waals surface area contributed by atoms with Crippen molar-refractivity contribution >= 4 is 29.1 Å². The SMILES string of the molecule is CCC(C)C(NC(=O)OC(C)(C)C)C(=O)NN=Cc1cccc2cccnc12. The van der Waals surface area contributed by atoms with Crippen molar-refractivity contribution in [2.75, 3.05) is 0 Å². The van der Waals surface area contributed by atoms with Gasteiger partial charge in [0.25, 0.3) is 5.91 Å². The third-order valence-electron chi connectivity index (χ3n) is 4.21. The topological polar surface area (TPSA) is 92.7 Å². The Morgan fingerprint density at radius 2 is 1.96 bits per heavy atom. The van der Waals surface area contributed by atoms with Crippen molar-refractivity contribution in [1.29, 1.82) is 0 Å². The van der Waals surface area contributed by atoms with Crippen molar-refractivity contribution in [3.63, 3.8) is 0 Å². The van der Waals surface area contributed by atoms with E-state index in [2.05, 4.69) is 20.8 Å². The molecule has 0 fully saturated rings. The molecule has 7 heteroatoms. The zero-order chi connectivity index (χ0) is 20.7. The summed E-state index contributed by atoms with van der Waals surface area (Å²) in [5, 5.41) is 7.69. The maximum absolute atomic E-state index is 12.6. The van der Waals surface area contributed by atoms with Gasteiger partial charge in [-0.25, -0.2) is 10.2 Å². The highest BCUT2D eigenvalue weighted by molar-refractivity contribution is 5.97. The average Bonchev–Trinajstić information content (AvgIpc) is 2.64. The summed E-state index contributed by atoms with van der Waals surface area (Å²) >= 11 is 0. The Morgan fingerprint density at radius 3 is 2.64 bits per heavy atom. The van der Waals surface area contributed by atoms with E-state index in [9.17, 15) is 9.59 Å². The molecule has 0 aliphatic rings. The maximum atomic E-state index is 12.6. The van der Waals surface area contributed by atoms with Gasteiger partial charge in [-0.2, -0.15) is 5.10 Å². The Bertz CT molecular complexity index is 853. The van der Waals surface area contributed by atoms with Crippen LogP contribution in [-0.2, 0) is 9.53 Å². The zero-order valence-electron chi connectivity index (χ0n) is 17.0. The van der Waals surface area contributed by atoms with Crippen LogP contribution in [0, 0.1) is 5.92 Å². The van der Waals surface area contributed by atoms with Crippen molar-refractivity contribution in [1.82, 2.24) is 15.7 Å². The average molecular weight is 384 g/mol. The molecule has 2 aromatic rings. The second-order valence-electron chi connectivity index (χ2n) is 7.67. The van der Waals surface area contributed by atoms with Crippen LogP contribution in [-0.4, -0.2) is 34.8 Å². The summed E-state index contributed by atoms with van der Waals surface area (Å²) < 4.78 is 5.26. The van der Waals surface area contributed by atoms with E-state index in [0.717, 1.165) is 16.5 Å². The van der Waals surface area contributed by atoms with Crippen molar-refractivity contribution in [2.24, 2.45) is 11.0 Å². The van der Waals surface area contributed by atoms with E-state index < -0.39 is 23.6 Å². The van der Waals surface area contributed by atoms with Crippen molar-refractivity contribution in [2.45, 2.75) is 52.7 Å². The minimum absolute atomic E-state index is 0.0815. The summed E-state index contributed by atoms with van der Waals surface area (Å²) in [6.45, 7) is 9.15. The first-order chi connectivity index (χ1) is 13.2. The first-order valence-corrected chi connectivity index (χ1v) is 9.37. The van der Waals surface area contributed by atoms with Gasteiger partial charge >= 0.3 is 6.09 Å². The number of rotatable bonds is 6. The maximum Gasteiger partial charge on any atom is 0.408 e. The van der Waals surface area contributed by atoms with Gasteiger partial charge in [-0.05, 0) is 32.8 Å². The molecule has 150 valence electrons. The van der Waals surface area contributed by atoms with Crippen LogP contribution >= 0.6 is 0 Å². The minimum Gasteiger partial charge on any atom is -0.444 e. The van der Waals surface area contributed by atoms with E-state index >= 15 is 0 Å². The molecule has 0 aliphatic carbocycles. The molecule has 0 spiro atoms. The molecule has 7 nitrogen and oxygen atoms in total. The fraction of sp³-hybridized carbons (Fsp3) is 0.429. The fourth-order valence-corrected chi connectivity index (χ4v) is 2.60. The number of alkyl carbamates (subject to hydrolysis) is 1. The number of fused-ring (bicyclic) bond motifs is 1. The van der Waals surface area contributed by atoms with E-state index in [1.807, 2.05) is 44.2 Å². The molecule has 0 saturated heterocycles. The lowest BCUT2D eigenvalue weighted by molar-refractivity contribution is -0.124.